The summed E-state index contributed by atoms with van der Waals surface area (Å²) in [7, 11) is 0. The van der Waals surface area contributed by atoms with Crippen LogP contribution >= 0.6 is 0 Å². The lowest BCUT2D eigenvalue weighted by Gasteiger charge is -2.26. The number of aromatic nitrogens is 4. The number of aliphatic hydroxyl groups is 1. The van der Waals surface area contributed by atoms with E-state index >= 15 is 0 Å². The maximum Gasteiger partial charge on any atom is 0.174 e. The third kappa shape index (κ3) is 3.78. The molecule has 2 rings (SSSR count). The van der Waals surface area contributed by atoms with E-state index < -0.39 is 6.10 Å². The van der Waals surface area contributed by atoms with Crippen molar-refractivity contribution in [3.05, 3.63) is 29.8 Å². The Bertz CT molecular complexity index is 615. The summed E-state index contributed by atoms with van der Waals surface area (Å²) in [5.41, 5.74) is 1.78. The second-order valence-corrected chi connectivity index (χ2v) is 6.36. The monoisotopic (exact) mass is 289 g/mol. The van der Waals surface area contributed by atoms with Crippen LogP contribution in [0.1, 0.15) is 32.2 Å². The quantitative estimate of drug-likeness (QED) is 0.901. The van der Waals surface area contributed by atoms with Gasteiger partial charge in [0.05, 0.1) is 24.2 Å². The van der Waals surface area contributed by atoms with E-state index in [1.807, 2.05) is 40.7 Å². The van der Waals surface area contributed by atoms with Crippen LogP contribution in [-0.4, -0.2) is 37.5 Å². The largest absolute Gasteiger partial charge is 0.391 e. The number of nitrogens with zero attached hydrogens (tertiary/aromatic N) is 4. The predicted octanol–water partition coefficient (Wildman–Crippen LogP) is 2.10. The van der Waals surface area contributed by atoms with Crippen molar-refractivity contribution < 1.29 is 5.11 Å². The van der Waals surface area contributed by atoms with Crippen molar-refractivity contribution in [3.8, 4) is 5.82 Å². The second-order valence-electron chi connectivity index (χ2n) is 6.36. The van der Waals surface area contributed by atoms with Gasteiger partial charge in [0.15, 0.2) is 5.82 Å². The minimum atomic E-state index is -0.461. The van der Waals surface area contributed by atoms with Crippen LogP contribution in [0.5, 0.6) is 0 Å². The fourth-order valence-electron chi connectivity index (χ4n) is 1.91. The molecule has 6 nitrogen and oxygen atoms in total. The van der Waals surface area contributed by atoms with Gasteiger partial charge in [-0.15, -0.1) is 0 Å². The van der Waals surface area contributed by atoms with E-state index in [9.17, 15) is 5.11 Å². The fraction of sp³-hybridized carbons (Fsp3) is 0.533. The molecule has 2 heterocycles. The molecule has 114 valence electrons. The van der Waals surface area contributed by atoms with E-state index in [2.05, 4.69) is 20.4 Å². The molecule has 1 unspecified atom stereocenters. The highest BCUT2D eigenvalue weighted by atomic mass is 16.3. The van der Waals surface area contributed by atoms with Crippen LogP contribution in [0.15, 0.2) is 18.5 Å². The van der Waals surface area contributed by atoms with Gasteiger partial charge in [-0.3, -0.25) is 4.98 Å². The molecule has 2 aromatic heterocycles. The van der Waals surface area contributed by atoms with Crippen LogP contribution in [0.2, 0.25) is 0 Å². The number of nitrogens with one attached hydrogen (secondary N) is 1. The summed E-state index contributed by atoms with van der Waals surface area (Å²) in [6.07, 6.45) is 2.85. The maximum atomic E-state index is 10.1. The summed E-state index contributed by atoms with van der Waals surface area (Å²) in [6.45, 7) is 10.3. The number of hydrogen-bond donors (Lipinski definition) is 2. The Morgan fingerprint density at radius 1 is 1.29 bits per heavy atom. The number of anilines is 1. The zero-order chi connectivity index (χ0) is 15.6. The molecule has 0 aliphatic rings. The molecule has 2 N–H and O–H groups in total. The first kappa shape index (κ1) is 15.4. The maximum absolute atomic E-state index is 10.1. The van der Waals surface area contributed by atoms with Crippen LogP contribution in [0, 0.1) is 19.3 Å². The molecule has 21 heavy (non-hydrogen) atoms. The highest BCUT2D eigenvalue weighted by Crippen LogP contribution is 2.19. The van der Waals surface area contributed by atoms with E-state index in [0.29, 0.717) is 18.2 Å². The van der Waals surface area contributed by atoms with Crippen molar-refractivity contribution in [1.82, 2.24) is 19.7 Å². The minimum Gasteiger partial charge on any atom is -0.391 e. The van der Waals surface area contributed by atoms with Gasteiger partial charge in [0.2, 0.25) is 0 Å². The van der Waals surface area contributed by atoms with Crippen molar-refractivity contribution in [2.45, 2.75) is 40.7 Å². The van der Waals surface area contributed by atoms with Gasteiger partial charge in [-0.05, 0) is 25.3 Å². The first-order valence-corrected chi connectivity index (χ1v) is 7.05. The summed E-state index contributed by atoms with van der Waals surface area (Å²) in [6, 6.07) is 1.99. The van der Waals surface area contributed by atoms with Gasteiger partial charge >= 0.3 is 0 Å². The van der Waals surface area contributed by atoms with Gasteiger partial charge in [0.25, 0.3) is 0 Å². The first-order valence-electron chi connectivity index (χ1n) is 7.05. The van der Waals surface area contributed by atoms with E-state index in [1.165, 1.54) is 0 Å². The molecule has 0 saturated heterocycles. The molecule has 0 spiro atoms. The standard InChI is InChI=1S/C15H23N5O/c1-10-6-11(2)20(19-10)14-9-16-8-13(18-14)17-7-12(21)15(3,4)5/h6,8-9,12,21H,7H2,1-5H3,(H,17,18). The molecule has 0 aromatic carbocycles. The summed E-state index contributed by atoms with van der Waals surface area (Å²) in [5.74, 6) is 1.29. The highest BCUT2D eigenvalue weighted by Gasteiger charge is 2.21. The van der Waals surface area contributed by atoms with E-state index in [4.69, 9.17) is 0 Å². The Morgan fingerprint density at radius 2 is 2.00 bits per heavy atom. The van der Waals surface area contributed by atoms with Crippen molar-refractivity contribution in [1.29, 1.82) is 0 Å². The molecular weight excluding hydrogens is 266 g/mol. The molecule has 0 amide bonds. The van der Waals surface area contributed by atoms with Gasteiger partial charge in [-0.2, -0.15) is 5.10 Å². The van der Waals surface area contributed by atoms with Crippen LogP contribution in [0.25, 0.3) is 5.82 Å². The van der Waals surface area contributed by atoms with Crippen molar-refractivity contribution in [3.63, 3.8) is 0 Å². The van der Waals surface area contributed by atoms with Gasteiger partial charge in [0, 0.05) is 12.2 Å². The SMILES string of the molecule is Cc1cc(C)n(-c2cncc(NCC(O)C(C)(C)C)n2)n1. The lowest BCUT2D eigenvalue weighted by atomic mass is 9.89. The molecule has 0 bridgehead atoms. The molecule has 0 fully saturated rings. The number of aryl methyl sites for hydroxylation is 2. The van der Waals surface area contributed by atoms with Crippen LogP contribution in [0.4, 0.5) is 5.82 Å². The molecule has 0 saturated carbocycles. The topological polar surface area (TPSA) is 75.9 Å². The van der Waals surface area contributed by atoms with Crippen molar-refractivity contribution in [2.24, 2.45) is 5.41 Å². The van der Waals surface area contributed by atoms with Crippen LogP contribution in [0.3, 0.4) is 0 Å². The van der Waals surface area contributed by atoms with E-state index in [-0.39, 0.29) is 5.41 Å². The summed E-state index contributed by atoms with van der Waals surface area (Å²) >= 11 is 0. The first-order chi connectivity index (χ1) is 9.77. The normalized spacial score (nSPS) is 13.2. The lowest BCUT2D eigenvalue weighted by molar-refractivity contribution is 0.0745. The smallest absolute Gasteiger partial charge is 0.174 e. The average Bonchev–Trinajstić information content (AvgIpc) is 2.74. The summed E-state index contributed by atoms with van der Waals surface area (Å²) in [4.78, 5) is 8.67. The van der Waals surface area contributed by atoms with E-state index in [1.54, 1.807) is 17.1 Å². The molecule has 0 radical (unpaired) electrons. The molecule has 0 aliphatic carbocycles. The Kier molecular flexibility index (Phi) is 4.27. The number of hydrogen-bond acceptors (Lipinski definition) is 5. The zero-order valence-corrected chi connectivity index (χ0v) is 13.3. The van der Waals surface area contributed by atoms with Gasteiger partial charge in [-0.1, -0.05) is 20.8 Å². The van der Waals surface area contributed by atoms with Gasteiger partial charge in [0.1, 0.15) is 5.82 Å². The third-order valence-electron chi connectivity index (χ3n) is 3.32. The molecule has 1 atom stereocenters. The van der Waals surface area contributed by atoms with Gasteiger partial charge < -0.3 is 10.4 Å². The van der Waals surface area contributed by atoms with Crippen LogP contribution < -0.4 is 5.32 Å². The predicted molar refractivity (Wildman–Crippen MR) is 82.6 cm³/mol. The number of aliphatic hydroxyl groups excluding tert-OH is 1. The summed E-state index contributed by atoms with van der Waals surface area (Å²) < 4.78 is 1.76. The Morgan fingerprint density at radius 3 is 2.57 bits per heavy atom. The minimum absolute atomic E-state index is 0.173. The third-order valence-corrected chi connectivity index (χ3v) is 3.32. The average molecular weight is 289 g/mol. The Hall–Kier alpha value is -1.95. The van der Waals surface area contributed by atoms with Crippen molar-refractivity contribution >= 4 is 5.82 Å². The second kappa shape index (κ2) is 5.81. The Labute approximate surface area is 125 Å². The zero-order valence-electron chi connectivity index (χ0n) is 13.3. The van der Waals surface area contributed by atoms with Crippen molar-refractivity contribution in [2.75, 3.05) is 11.9 Å². The molecule has 2 aromatic rings. The fourth-order valence-corrected chi connectivity index (χ4v) is 1.91. The highest BCUT2D eigenvalue weighted by molar-refractivity contribution is 5.36. The molecule has 6 heteroatoms. The molecule has 0 aliphatic heterocycles. The lowest BCUT2D eigenvalue weighted by Crippen LogP contribution is -2.33. The van der Waals surface area contributed by atoms with Crippen LogP contribution in [-0.2, 0) is 0 Å². The number of rotatable bonds is 4. The van der Waals surface area contributed by atoms with Gasteiger partial charge in [-0.25, -0.2) is 9.67 Å². The Balaban J connectivity index is 2.13. The summed E-state index contributed by atoms with van der Waals surface area (Å²) in [5, 5.41) is 17.6. The molecular formula is C15H23N5O. The van der Waals surface area contributed by atoms with E-state index in [0.717, 1.165) is 11.4 Å².